The van der Waals surface area contributed by atoms with Crippen LogP contribution in [0.4, 0.5) is 5.69 Å². The van der Waals surface area contributed by atoms with Crippen molar-refractivity contribution in [3.8, 4) is 0 Å². The van der Waals surface area contributed by atoms with Crippen molar-refractivity contribution in [1.29, 1.82) is 0 Å². The lowest BCUT2D eigenvalue weighted by atomic mass is 10.0. The summed E-state index contributed by atoms with van der Waals surface area (Å²) in [5.41, 5.74) is 7.03. The Morgan fingerprint density at radius 1 is 1.47 bits per heavy atom. The molecule has 1 heterocycles. The molecule has 1 aliphatic rings. The third kappa shape index (κ3) is 2.63. The van der Waals surface area contributed by atoms with Crippen LogP contribution >= 0.6 is 15.9 Å². The van der Waals surface area contributed by atoms with E-state index in [2.05, 4.69) is 22.9 Å². The normalized spacial score (nSPS) is 20.4. The molecule has 1 atom stereocenters. The van der Waals surface area contributed by atoms with Crippen molar-refractivity contribution in [2.45, 2.75) is 32.2 Å². The number of amides is 1. The van der Waals surface area contributed by atoms with Crippen LogP contribution in [0.25, 0.3) is 0 Å². The second kappa shape index (κ2) is 5.08. The number of carbonyl (C=O) groups excluding carboxylic acids is 1. The summed E-state index contributed by atoms with van der Waals surface area (Å²) >= 11 is 3.38. The summed E-state index contributed by atoms with van der Waals surface area (Å²) < 4.78 is 0.889. The predicted octanol–water partition coefficient (Wildman–Crippen LogP) is 3.05. The van der Waals surface area contributed by atoms with E-state index in [9.17, 15) is 4.79 Å². The number of piperidine rings is 1. The van der Waals surface area contributed by atoms with Crippen LogP contribution in [0.1, 0.15) is 36.5 Å². The first kappa shape index (κ1) is 12.4. The maximum Gasteiger partial charge on any atom is 0.256 e. The van der Waals surface area contributed by atoms with E-state index >= 15 is 0 Å². The van der Waals surface area contributed by atoms with Crippen molar-refractivity contribution < 1.29 is 4.79 Å². The molecule has 0 spiro atoms. The fraction of sp³-hybridized carbons (Fsp3) is 0.462. The van der Waals surface area contributed by atoms with Crippen molar-refractivity contribution >= 4 is 27.5 Å². The fourth-order valence-electron chi connectivity index (χ4n) is 2.27. The number of likely N-dealkylation sites (tertiary alicyclic amines) is 1. The van der Waals surface area contributed by atoms with Gasteiger partial charge >= 0.3 is 0 Å². The van der Waals surface area contributed by atoms with Gasteiger partial charge in [-0.1, -0.05) is 15.9 Å². The molecule has 1 aromatic rings. The van der Waals surface area contributed by atoms with E-state index in [1.165, 1.54) is 6.42 Å². The average Bonchev–Trinajstić information content (AvgIpc) is 2.32. The Labute approximate surface area is 110 Å². The van der Waals surface area contributed by atoms with Gasteiger partial charge in [0, 0.05) is 22.7 Å². The summed E-state index contributed by atoms with van der Waals surface area (Å²) in [5, 5.41) is 0. The third-order valence-corrected chi connectivity index (χ3v) is 3.80. The zero-order valence-corrected chi connectivity index (χ0v) is 11.5. The SMILES string of the molecule is CC1CCCCN1C(=O)c1cc(Br)ccc1N. The van der Waals surface area contributed by atoms with E-state index in [-0.39, 0.29) is 5.91 Å². The molecule has 3 nitrogen and oxygen atoms in total. The summed E-state index contributed by atoms with van der Waals surface area (Å²) in [6.45, 7) is 2.94. The quantitative estimate of drug-likeness (QED) is 0.810. The summed E-state index contributed by atoms with van der Waals surface area (Å²) in [5.74, 6) is 0.0519. The molecule has 2 rings (SSSR count). The molecular formula is C13H17BrN2O. The van der Waals surface area contributed by atoms with Crippen molar-refractivity contribution in [2.75, 3.05) is 12.3 Å². The van der Waals surface area contributed by atoms with Crippen LogP contribution in [0.3, 0.4) is 0 Å². The van der Waals surface area contributed by atoms with Crippen molar-refractivity contribution in [3.05, 3.63) is 28.2 Å². The monoisotopic (exact) mass is 296 g/mol. The standard InChI is InChI=1S/C13H17BrN2O/c1-9-4-2-3-7-16(9)13(17)11-8-10(14)5-6-12(11)15/h5-6,8-9H,2-4,7,15H2,1H3. The van der Waals surface area contributed by atoms with Gasteiger partial charge in [0.05, 0.1) is 5.56 Å². The number of rotatable bonds is 1. The molecule has 2 N–H and O–H groups in total. The predicted molar refractivity (Wildman–Crippen MR) is 72.9 cm³/mol. The lowest BCUT2D eigenvalue weighted by molar-refractivity contribution is 0.0636. The highest BCUT2D eigenvalue weighted by atomic mass is 79.9. The average molecular weight is 297 g/mol. The molecule has 17 heavy (non-hydrogen) atoms. The Bertz CT molecular complexity index is 433. The van der Waals surface area contributed by atoms with Gasteiger partial charge in [0.2, 0.25) is 0 Å². The van der Waals surface area contributed by atoms with E-state index in [0.717, 1.165) is 23.9 Å². The van der Waals surface area contributed by atoms with Gasteiger partial charge in [-0.2, -0.15) is 0 Å². The van der Waals surface area contributed by atoms with E-state index in [1.807, 2.05) is 11.0 Å². The molecule has 1 aromatic carbocycles. The minimum atomic E-state index is 0.0519. The minimum absolute atomic E-state index is 0.0519. The number of nitrogens with two attached hydrogens (primary N) is 1. The molecule has 0 aromatic heterocycles. The van der Waals surface area contributed by atoms with Crippen molar-refractivity contribution in [1.82, 2.24) is 4.90 Å². The van der Waals surface area contributed by atoms with E-state index in [1.54, 1.807) is 12.1 Å². The number of halogens is 1. The molecule has 1 saturated heterocycles. The lowest BCUT2D eigenvalue weighted by Crippen LogP contribution is -2.42. The van der Waals surface area contributed by atoms with Crippen molar-refractivity contribution in [2.24, 2.45) is 0 Å². The molecule has 1 unspecified atom stereocenters. The van der Waals surface area contributed by atoms with Crippen LogP contribution in [-0.2, 0) is 0 Å². The summed E-state index contributed by atoms with van der Waals surface area (Å²) in [7, 11) is 0. The summed E-state index contributed by atoms with van der Waals surface area (Å²) in [4.78, 5) is 14.3. The minimum Gasteiger partial charge on any atom is -0.398 e. The fourth-order valence-corrected chi connectivity index (χ4v) is 2.63. The highest BCUT2D eigenvalue weighted by molar-refractivity contribution is 9.10. The first-order valence-corrected chi connectivity index (χ1v) is 6.75. The molecule has 1 fully saturated rings. The second-order valence-electron chi connectivity index (χ2n) is 4.57. The first-order valence-electron chi connectivity index (χ1n) is 5.95. The van der Waals surface area contributed by atoms with E-state index in [0.29, 0.717) is 17.3 Å². The molecule has 0 aliphatic carbocycles. The highest BCUT2D eigenvalue weighted by Crippen LogP contribution is 2.24. The molecule has 0 radical (unpaired) electrons. The van der Waals surface area contributed by atoms with Gasteiger partial charge in [-0.05, 0) is 44.4 Å². The number of nitrogens with zero attached hydrogens (tertiary/aromatic N) is 1. The van der Waals surface area contributed by atoms with Crippen LogP contribution in [0.5, 0.6) is 0 Å². The number of anilines is 1. The number of carbonyl (C=O) groups is 1. The molecular weight excluding hydrogens is 280 g/mol. The first-order chi connectivity index (χ1) is 8.09. The van der Waals surface area contributed by atoms with Gasteiger partial charge in [-0.3, -0.25) is 4.79 Å². The Morgan fingerprint density at radius 2 is 2.24 bits per heavy atom. The number of hydrogen-bond acceptors (Lipinski definition) is 2. The number of hydrogen-bond donors (Lipinski definition) is 1. The Kier molecular flexibility index (Phi) is 3.72. The Morgan fingerprint density at radius 3 is 2.94 bits per heavy atom. The van der Waals surface area contributed by atoms with Crippen LogP contribution in [0, 0.1) is 0 Å². The zero-order chi connectivity index (χ0) is 12.4. The van der Waals surface area contributed by atoms with E-state index in [4.69, 9.17) is 5.73 Å². The zero-order valence-electron chi connectivity index (χ0n) is 9.95. The smallest absolute Gasteiger partial charge is 0.256 e. The van der Waals surface area contributed by atoms with Gasteiger partial charge in [-0.15, -0.1) is 0 Å². The maximum absolute atomic E-state index is 12.4. The van der Waals surface area contributed by atoms with Gasteiger partial charge in [0.1, 0.15) is 0 Å². The van der Waals surface area contributed by atoms with Crippen LogP contribution < -0.4 is 5.73 Å². The number of benzene rings is 1. The van der Waals surface area contributed by atoms with Gasteiger partial charge in [0.25, 0.3) is 5.91 Å². The molecule has 0 saturated carbocycles. The second-order valence-corrected chi connectivity index (χ2v) is 5.49. The van der Waals surface area contributed by atoms with Gasteiger partial charge in [0.15, 0.2) is 0 Å². The molecule has 1 aliphatic heterocycles. The molecule has 0 bridgehead atoms. The van der Waals surface area contributed by atoms with Gasteiger partial charge in [-0.25, -0.2) is 0 Å². The number of nitrogen functional groups attached to an aromatic ring is 1. The lowest BCUT2D eigenvalue weighted by Gasteiger charge is -2.33. The molecule has 92 valence electrons. The summed E-state index contributed by atoms with van der Waals surface area (Å²) in [6, 6.07) is 5.74. The molecule has 4 heteroatoms. The van der Waals surface area contributed by atoms with Crippen LogP contribution in [0.2, 0.25) is 0 Å². The Hall–Kier alpha value is -1.03. The van der Waals surface area contributed by atoms with Gasteiger partial charge < -0.3 is 10.6 Å². The topological polar surface area (TPSA) is 46.3 Å². The largest absolute Gasteiger partial charge is 0.398 e. The summed E-state index contributed by atoms with van der Waals surface area (Å²) in [6.07, 6.45) is 3.38. The van der Waals surface area contributed by atoms with Crippen LogP contribution in [0.15, 0.2) is 22.7 Å². The van der Waals surface area contributed by atoms with Crippen LogP contribution in [-0.4, -0.2) is 23.4 Å². The maximum atomic E-state index is 12.4. The third-order valence-electron chi connectivity index (χ3n) is 3.31. The van der Waals surface area contributed by atoms with E-state index < -0.39 is 0 Å². The molecule has 1 amide bonds. The Balaban J connectivity index is 2.26. The highest BCUT2D eigenvalue weighted by Gasteiger charge is 2.25. The van der Waals surface area contributed by atoms with Crippen molar-refractivity contribution in [3.63, 3.8) is 0 Å².